The molecule has 106 valence electrons. The fourth-order valence-corrected chi connectivity index (χ4v) is 1.58. The van der Waals surface area contributed by atoms with Crippen LogP contribution in [0.5, 0.6) is 0 Å². The lowest BCUT2D eigenvalue weighted by molar-refractivity contribution is -0.141. The van der Waals surface area contributed by atoms with Crippen molar-refractivity contribution in [3.63, 3.8) is 0 Å². The third-order valence-electron chi connectivity index (χ3n) is 2.74. The molecular weight excluding hydrogens is 248 g/mol. The number of amides is 2. The number of carboxylic acid groups (broad SMARTS) is 1. The zero-order valence-electron chi connectivity index (χ0n) is 11.6. The van der Waals surface area contributed by atoms with Crippen LogP contribution < -0.4 is 10.6 Å². The Morgan fingerprint density at radius 3 is 2.53 bits per heavy atom. The van der Waals surface area contributed by atoms with Crippen LogP contribution in [-0.2, 0) is 18.4 Å². The molecule has 0 aliphatic carbocycles. The maximum atomic E-state index is 11.7. The minimum Gasteiger partial charge on any atom is -0.480 e. The van der Waals surface area contributed by atoms with Crippen LogP contribution in [0.25, 0.3) is 0 Å². The fraction of sp³-hybridized carbons (Fsp3) is 0.583. The molecule has 0 spiro atoms. The molecule has 2 amide bonds. The second-order valence-corrected chi connectivity index (χ2v) is 5.41. The Morgan fingerprint density at radius 1 is 1.47 bits per heavy atom. The summed E-state index contributed by atoms with van der Waals surface area (Å²) in [6.07, 6.45) is 1.63. The summed E-state index contributed by atoms with van der Waals surface area (Å²) < 4.78 is 1.64. The van der Waals surface area contributed by atoms with E-state index in [2.05, 4.69) is 15.7 Å². The average molecular weight is 268 g/mol. The van der Waals surface area contributed by atoms with Gasteiger partial charge >= 0.3 is 12.0 Å². The number of urea groups is 1. The van der Waals surface area contributed by atoms with Crippen LogP contribution in [0.2, 0.25) is 0 Å². The topological polar surface area (TPSA) is 96.3 Å². The van der Waals surface area contributed by atoms with Gasteiger partial charge in [0.25, 0.3) is 0 Å². The van der Waals surface area contributed by atoms with Crippen LogP contribution in [0.15, 0.2) is 12.3 Å². The van der Waals surface area contributed by atoms with Gasteiger partial charge in [0.1, 0.15) is 6.04 Å². The van der Waals surface area contributed by atoms with Crippen molar-refractivity contribution in [3.05, 3.63) is 18.0 Å². The molecule has 1 atom stereocenters. The van der Waals surface area contributed by atoms with Crippen molar-refractivity contribution in [2.75, 3.05) is 0 Å². The van der Waals surface area contributed by atoms with E-state index in [0.717, 1.165) is 5.69 Å². The van der Waals surface area contributed by atoms with Crippen LogP contribution in [-0.4, -0.2) is 32.9 Å². The normalized spacial score (nSPS) is 12.8. The maximum Gasteiger partial charge on any atom is 0.326 e. The minimum atomic E-state index is -1.05. The predicted molar refractivity (Wildman–Crippen MR) is 69.5 cm³/mol. The van der Waals surface area contributed by atoms with E-state index in [1.807, 2.05) is 0 Å². The van der Waals surface area contributed by atoms with Gasteiger partial charge in [-0.05, 0) is 11.5 Å². The molecule has 1 aromatic rings. The van der Waals surface area contributed by atoms with E-state index >= 15 is 0 Å². The Kier molecular flexibility index (Phi) is 4.52. The molecule has 0 unspecified atom stereocenters. The molecule has 1 heterocycles. The van der Waals surface area contributed by atoms with Crippen molar-refractivity contribution < 1.29 is 14.7 Å². The number of carbonyl (C=O) groups excluding carboxylic acids is 1. The summed E-state index contributed by atoms with van der Waals surface area (Å²) in [4.78, 5) is 22.8. The summed E-state index contributed by atoms with van der Waals surface area (Å²) in [5.74, 6) is -1.05. The number of carboxylic acids is 1. The lowest BCUT2D eigenvalue weighted by Crippen LogP contribution is -2.52. The van der Waals surface area contributed by atoms with Crippen LogP contribution in [0.3, 0.4) is 0 Å². The van der Waals surface area contributed by atoms with E-state index in [4.69, 9.17) is 5.11 Å². The van der Waals surface area contributed by atoms with Gasteiger partial charge in [-0.25, -0.2) is 9.59 Å². The summed E-state index contributed by atoms with van der Waals surface area (Å²) in [6, 6.07) is 0.321. The Morgan fingerprint density at radius 2 is 2.11 bits per heavy atom. The highest BCUT2D eigenvalue weighted by molar-refractivity contribution is 5.83. The summed E-state index contributed by atoms with van der Waals surface area (Å²) >= 11 is 0. The van der Waals surface area contributed by atoms with Gasteiger partial charge < -0.3 is 15.7 Å². The van der Waals surface area contributed by atoms with Gasteiger partial charge in [0.15, 0.2) is 0 Å². The van der Waals surface area contributed by atoms with E-state index in [9.17, 15) is 9.59 Å². The Bertz CT molecular complexity index is 462. The molecule has 19 heavy (non-hydrogen) atoms. The van der Waals surface area contributed by atoms with Crippen molar-refractivity contribution in [2.24, 2.45) is 12.5 Å². The van der Waals surface area contributed by atoms with E-state index in [1.165, 1.54) is 0 Å². The molecule has 0 radical (unpaired) electrons. The lowest BCUT2D eigenvalue weighted by Gasteiger charge is -2.27. The number of rotatable bonds is 4. The molecule has 0 saturated carbocycles. The SMILES string of the molecule is Cn1nccc1CNC(=O)N[C@@H](C(=O)O)C(C)(C)C. The summed E-state index contributed by atoms with van der Waals surface area (Å²) in [7, 11) is 1.77. The van der Waals surface area contributed by atoms with E-state index < -0.39 is 23.5 Å². The lowest BCUT2D eigenvalue weighted by atomic mass is 9.87. The van der Waals surface area contributed by atoms with E-state index in [1.54, 1.807) is 44.8 Å². The van der Waals surface area contributed by atoms with Gasteiger partial charge in [-0.3, -0.25) is 4.68 Å². The largest absolute Gasteiger partial charge is 0.480 e. The van der Waals surface area contributed by atoms with Crippen molar-refractivity contribution in [2.45, 2.75) is 33.4 Å². The number of hydrogen-bond acceptors (Lipinski definition) is 3. The Balaban J connectivity index is 2.55. The molecule has 0 aliphatic rings. The predicted octanol–water partition coefficient (Wildman–Crippen LogP) is 0.719. The van der Waals surface area contributed by atoms with Crippen molar-refractivity contribution in [1.29, 1.82) is 0 Å². The van der Waals surface area contributed by atoms with Crippen molar-refractivity contribution >= 4 is 12.0 Å². The molecule has 1 rings (SSSR count). The van der Waals surface area contributed by atoms with Gasteiger partial charge in [0.2, 0.25) is 0 Å². The molecule has 0 saturated heterocycles. The highest BCUT2D eigenvalue weighted by atomic mass is 16.4. The molecule has 3 N–H and O–H groups in total. The summed E-state index contributed by atoms with van der Waals surface area (Å²) in [6.45, 7) is 5.56. The third kappa shape index (κ3) is 4.27. The van der Waals surface area contributed by atoms with Gasteiger partial charge in [-0.2, -0.15) is 5.10 Å². The van der Waals surface area contributed by atoms with Crippen LogP contribution in [0, 0.1) is 5.41 Å². The maximum absolute atomic E-state index is 11.7. The summed E-state index contributed by atoms with van der Waals surface area (Å²) in [5, 5.41) is 18.1. The van der Waals surface area contributed by atoms with Crippen LogP contribution in [0.1, 0.15) is 26.5 Å². The molecule has 0 bridgehead atoms. The first kappa shape index (κ1) is 15.0. The number of aryl methyl sites for hydroxylation is 1. The first-order valence-electron chi connectivity index (χ1n) is 5.96. The van der Waals surface area contributed by atoms with Crippen molar-refractivity contribution in [1.82, 2.24) is 20.4 Å². The number of nitrogens with one attached hydrogen (secondary N) is 2. The van der Waals surface area contributed by atoms with Crippen LogP contribution >= 0.6 is 0 Å². The van der Waals surface area contributed by atoms with Gasteiger partial charge in [-0.1, -0.05) is 20.8 Å². The zero-order valence-corrected chi connectivity index (χ0v) is 11.6. The second-order valence-electron chi connectivity index (χ2n) is 5.41. The van der Waals surface area contributed by atoms with Gasteiger partial charge in [0, 0.05) is 13.2 Å². The fourth-order valence-electron chi connectivity index (χ4n) is 1.58. The van der Waals surface area contributed by atoms with Gasteiger partial charge in [0.05, 0.1) is 12.2 Å². The third-order valence-corrected chi connectivity index (χ3v) is 2.74. The molecule has 7 nitrogen and oxygen atoms in total. The standard InChI is InChI=1S/C12H20N4O3/c1-12(2,3)9(10(17)18)15-11(19)13-7-8-5-6-14-16(8)4/h5-6,9H,7H2,1-4H3,(H,17,18)(H2,13,15,19)/t9-/m0/s1. The average Bonchev–Trinajstić information content (AvgIpc) is 2.67. The number of hydrogen-bond donors (Lipinski definition) is 3. The molecule has 7 heteroatoms. The first-order valence-corrected chi connectivity index (χ1v) is 5.96. The van der Waals surface area contributed by atoms with E-state index in [0.29, 0.717) is 6.54 Å². The quantitative estimate of drug-likeness (QED) is 0.749. The number of carbonyl (C=O) groups is 2. The van der Waals surface area contributed by atoms with Gasteiger partial charge in [-0.15, -0.1) is 0 Å². The molecular formula is C12H20N4O3. The first-order chi connectivity index (χ1) is 8.71. The smallest absolute Gasteiger partial charge is 0.326 e. The van der Waals surface area contributed by atoms with Crippen molar-refractivity contribution in [3.8, 4) is 0 Å². The molecule has 0 aromatic carbocycles. The zero-order chi connectivity index (χ0) is 14.6. The highest BCUT2D eigenvalue weighted by Gasteiger charge is 2.32. The highest BCUT2D eigenvalue weighted by Crippen LogP contribution is 2.19. The Labute approximate surface area is 112 Å². The number of aliphatic carboxylic acids is 1. The minimum absolute atomic E-state index is 0.290. The monoisotopic (exact) mass is 268 g/mol. The summed E-state index contributed by atoms with van der Waals surface area (Å²) in [5.41, 5.74) is 0.271. The van der Waals surface area contributed by atoms with Crippen LogP contribution in [0.4, 0.5) is 4.79 Å². The molecule has 0 aliphatic heterocycles. The Hall–Kier alpha value is -2.05. The van der Waals surface area contributed by atoms with E-state index in [-0.39, 0.29) is 0 Å². The number of nitrogens with zero attached hydrogens (tertiary/aromatic N) is 2. The number of aromatic nitrogens is 2. The molecule has 1 aromatic heterocycles. The molecule has 0 fully saturated rings. The second kappa shape index (κ2) is 5.73.